The topological polar surface area (TPSA) is 98.1 Å². The zero-order valence-corrected chi connectivity index (χ0v) is 14.6. The zero-order valence-electron chi connectivity index (χ0n) is 13.9. The number of nitrogens with zero attached hydrogens (tertiary/aromatic N) is 1. The third-order valence-corrected chi connectivity index (χ3v) is 3.98. The van der Waals surface area contributed by atoms with Gasteiger partial charge in [0.2, 0.25) is 0 Å². The number of amides is 1. The van der Waals surface area contributed by atoms with Gasteiger partial charge < -0.3 is 15.4 Å². The third-order valence-electron chi connectivity index (χ3n) is 3.73. The number of carbonyl (C=O) groups is 1. The van der Waals surface area contributed by atoms with Gasteiger partial charge in [0.25, 0.3) is 11.6 Å². The molecule has 2 rings (SSSR count). The average molecular weight is 365 g/mol. The normalized spacial score (nSPS) is 11.6. The Morgan fingerprint density at radius 1 is 1.32 bits per heavy atom. The number of nitrogens with one attached hydrogen (secondary N) is 1. The molecule has 0 radical (unpaired) electrons. The van der Waals surface area contributed by atoms with Crippen molar-refractivity contribution >= 4 is 28.9 Å². The SMILES string of the molecule is COc1ccc(NC(=O)C[NH2+][C@@H](C)c2ccc(Cl)cc2)c([N+](=O)[O-])c1. The number of ether oxygens (including phenoxy) is 1. The summed E-state index contributed by atoms with van der Waals surface area (Å²) in [6.07, 6.45) is 0. The molecule has 0 bridgehead atoms. The van der Waals surface area contributed by atoms with Gasteiger partial charge in [-0.05, 0) is 31.2 Å². The van der Waals surface area contributed by atoms with E-state index >= 15 is 0 Å². The van der Waals surface area contributed by atoms with Crippen LogP contribution in [0, 0.1) is 10.1 Å². The number of anilines is 1. The first-order valence-corrected chi connectivity index (χ1v) is 7.99. The van der Waals surface area contributed by atoms with E-state index in [1.165, 1.54) is 19.2 Å². The van der Waals surface area contributed by atoms with E-state index in [0.29, 0.717) is 10.8 Å². The van der Waals surface area contributed by atoms with Gasteiger partial charge in [-0.15, -0.1) is 0 Å². The molecule has 0 fully saturated rings. The lowest BCUT2D eigenvalue weighted by Crippen LogP contribution is -2.86. The van der Waals surface area contributed by atoms with Crippen LogP contribution in [0.3, 0.4) is 0 Å². The van der Waals surface area contributed by atoms with E-state index in [0.717, 1.165) is 5.56 Å². The van der Waals surface area contributed by atoms with Gasteiger partial charge in [0.1, 0.15) is 17.5 Å². The molecule has 0 aliphatic carbocycles. The number of rotatable bonds is 7. The Bertz CT molecular complexity index is 765. The van der Waals surface area contributed by atoms with Crippen LogP contribution in [-0.2, 0) is 4.79 Å². The van der Waals surface area contributed by atoms with Crippen LogP contribution in [-0.4, -0.2) is 24.5 Å². The molecule has 1 amide bonds. The number of nitro groups is 1. The molecule has 0 aromatic heterocycles. The van der Waals surface area contributed by atoms with Gasteiger partial charge in [-0.25, -0.2) is 0 Å². The van der Waals surface area contributed by atoms with Crippen LogP contribution in [0.25, 0.3) is 0 Å². The summed E-state index contributed by atoms with van der Waals surface area (Å²) in [6, 6.07) is 11.7. The highest BCUT2D eigenvalue weighted by molar-refractivity contribution is 6.30. The Labute approximate surface area is 150 Å². The first-order valence-electron chi connectivity index (χ1n) is 7.61. The highest BCUT2D eigenvalue weighted by atomic mass is 35.5. The number of quaternary nitrogens is 1. The molecular formula is C17H19ClN3O4+. The summed E-state index contributed by atoms with van der Waals surface area (Å²) in [5.41, 5.74) is 0.967. The average Bonchev–Trinajstić information content (AvgIpc) is 2.60. The van der Waals surface area contributed by atoms with E-state index in [-0.39, 0.29) is 29.9 Å². The van der Waals surface area contributed by atoms with Gasteiger partial charge in [-0.3, -0.25) is 14.9 Å². The van der Waals surface area contributed by atoms with Crippen molar-refractivity contribution in [3.05, 3.63) is 63.2 Å². The monoisotopic (exact) mass is 364 g/mol. The zero-order chi connectivity index (χ0) is 18.4. The standard InChI is InChI=1S/C17H18ClN3O4/c1-11(12-3-5-13(18)6-4-12)19-10-17(22)20-15-8-7-14(25-2)9-16(15)21(23)24/h3-9,11,19H,10H2,1-2H3,(H,20,22)/p+1/t11-/m0/s1. The van der Waals surface area contributed by atoms with Gasteiger partial charge in [-0.1, -0.05) is 23.7 Å². The van der Waals surface area contributed by atoms with Crippen molar-refractivity contribution < 1.29 is 19.8 Å². The number of carbonyl (C=O) groups excluding carboxylic acids is 1. The molecule has 8 heteroatoms. The lowest BCUT2D eigenvalue weighted by molar-refractivity contribution is -0.682. The molecule has 2 aromatic rings. The molecule has 3 N–H and O–H groups in total. The molecule has 0 unspecified atom stereocenters. The predicted molar refractivity (Wildman–Crippen MR) is 94.9 cm³/mol. The van der Waals surface area contributed by atoms with Crippen LogP contribution in [0.5, 0.6) is 5.75 Å². The van der Waals surface area contributed by atoms with E-state index in [1.54, 1.807) is 18.2 Å². The van der Waals surface area contributed by atoms with Crippen LogP contribution in [0.2, 0.25) is 5.02 Å². The van der Waals surface area contributed by atoms with Crippen LogP contribution >= 0.6 is 11.6 Å². The molecule has 0 aliphatic heterocycles. The third kappa shape index (κ3) is 5.17. The van der Waals surface area contributed by atoms with Gasteiger partial charge in [0.15, 0.2) is 6.54 Å². The minimum Gasteiger partial charge on any atom is -0.496 e. The molecular weight excluding hydrogens is 346 g/mol. The van der Waals surface area contributed by atoms with Crippen molar-refractivity contribution in [2.75, 3.05) is 19.0 Å². The van der Waals surface area contributed by atoms with Crippen LogP contribution in [0.15, 0.2) is 42.5 Å². The van der Waals surface area contributed by atoms with E-state index in [1.807, 2.05) is 24.4 Å². The van der Waals surface area contributed by atoms with Crippen molar-refractivity contribution in [3.8, 4) is 5.75 Å². The Hall–Kier alpha value is -2.64. The Balaban J connectivity index is 1.98. The summed E-state index contributed by atoms with van der Waals surface area (Å²) in [6.45, 7) is 2.10. The first-order chi connectivity index (χ1) is 11.9. The highest BCUT2D eigenvalue weighted by Gasteiger charge is 2.18. The molecule has 7 nitrogen and oxygen atoms in total. The van der Waals surface area contributed by atoms with E-state index in [2.05, 4.69) is 5.32 Å². The number of halogens is 1. The molecule has 0 heterocycles. The maximum Gasteiger partial charge on any atom is 0.296 e. The number of hydrogen-bond donors (Lipinski definition) is 2. The smallest absolute Gasteiger partial charge is 0.296 e. The number of benzene rings is 2. The molecule has 0 saturated heterocycles. The summed E-state index contributed by atoms with van der Waals surface area (Å²) in [4.78, 5) is 22.7. The van der Waals surface area contributed by atoms with E-state index in [4.69, 9.17) is 16.3 Å². The molecule has 0 spiro atoms. The summed E-state index contributed by atoms with van der Waals surface area (Å²) >= 11 is 5.86. The quantitative estimate of drug-likeness (QED) is 0.582. The summed E-state index contributed by atoms with van der Waals surface area (Å²) in [7, 11) is 1.42. The first kappa shape index (κ1) is 18.7. The summed E-state index contributed by atoms with van der Waals surface area (Å²) in [5.74, 6) is 0.0294. The molecule has 2 aromatic carbocycles. The second-order valence-corrected chi connectivity index (χ2v) is 5.90. The van der Waals surface area contributed by atoms with Gasteiger partial charge in [0.05, 0.1) is 18.1 Å². The van der Waals surface area contributed by atoms with E-state index in [9.17, 15) is 14.9 Å². The van der Waals surface area contributed by atoms with Crippen LogP contribution in [0.4, 0.5) is 11.4 Å². The molecule has 132 valence electrons. The molecule has 0 aliphatic rings. The fourth-order valence-corrected chi connectivity index (χ4v) is 2.41. The number of nitrogens with two attached hydrogens (primary N) is 1. The largest absolute Gasteiger partial charge is 0.496 e. The van der Waals surface area contributed by atoms with Crippen molar-refractivity contribution in [2.45, 2.75) is 13.0 Å². The van der Waals surface area contributed by atoms with Crippen molar-refractivity contribution in [1.82, 2.24) is 0 Å². The number of hydrogen-bond acceptors (Lipinski definition) is 4. The van der Waals surface area contributed by atoms with Crippen molar-refractivity contribution in [1.29, 1.82) is 0 Å². The summed E-state index contributed by atoms with van der Waals surface area (Å²) in [5, 5.41) is 16.2. The van der Waals surface area contributed by atoms with Crippen molar-refractivity contribution in [3.63, 3.8) is 0 Å². The fourth-order valence-electron chi connectivity index (χ4n) is 2.28. The van der Waals surface area contributed by atoms with Gasteiger partial charge >= 0.3 is 0 Å². The summed E-state index contributed by atoms with van der Waals surface area (Å²) < 4.78 is 4.97. The van der Waals surface area contributed by atoms with Gasteiger partial charge in [-0.2, -0.15) is 0 Å². The van der Waals surface area contributed by atoms with Crippen LogP contribution < -0.4 is 15.4 Å². The molecule has 1 atom stereocenters. The lowest BCUT2D eigenvalue weighted by atomic mass is 10.1. The molecule has 0 saturated carbocycles. The molecule has 25 heavy (non-hydrogen) atoms. The Morgan fingerprint density at radius 2 is 2.00 bits per heavy atom. The van der Waals surface area contributed by atoms with E-state index < -0.39 is 4.92 Å². The maximum absolute atomic E-state index is 12.1. The minimum atomic E-state index is -0.557. The number of methoxy groups -OCH3 is 1. The van der Waals surface area contributed by atoms with Crippen molar-refractivity contribution in [2.24, 2.45) is 0 Å². The Morgan fingerprint density at radius 3 is 2.60 bits per heavy atom. The van der Waals surface area contributed by atoms with Crippen LogP contribution in [0.1, 0.15) is 18.5 Å². The predicted octanol–water partition coefficient (Wildman–Crippen LogP) is 2.52. The fraction of sp³-hybridized carbons (Fsp3) is 0.235. The maximum atomic E-state index is 12.1. The minimum absolute atomic E-state index is 0.0499. The second kappa shape index (κ2) is 8.46. The van der Waals surface area contributed by atoms with Gasteiger partial charge in [0, 0.05) is 10.6 Å². The highest BCUT2D eigenvalue weighted by Crippen LogP contribution is 2.28. The Kier molecular flexibility index (Phi) is 6.32. The second-order valence-electron chi connectivity index (χ2n) is 5.47. The number of nitro benzene ring substituents is 1. The lowest BCUT2D eigenvalue weighted by Gasteiger charge is -2.11.